The van der Waals surface area contributed by atoms with Crippen molar-refractivity contribution in [1.29, 1.82) is 0 Å². The van der Waals surface area contributed by atoms with Gasteiger partial charge in [-0.05, 0) is 66.8 Å². The number of fused-ring (bicyclic) bond motifs is 1. The highest BCUT2D eigenvalue weighted by atomic mass is 15.2. The van der Waals surface area contributed by atoms with Crippen molar-refractivity contribution in [2.75, 3.05) is 11.4 Å². The fourth-order valence-corrected chi connectivity index (χ4v) is 3.52. The monoisotopic (exact) mass is 371 g/mol. The van der Waals surface area contributed by atoms with E-state index in [2.05, 4.69) is 75.1 Å². The Labute approximate surface area is 165 Å². The van der Waals surface area contributed by atoms with Crippen molar-refractivity contribution in [3.63, 3.8) is 0 Å². The number of hydrogen-bond donors (Lipinski definition) is 1. The molecule has 2 aromatic carbocycles. The van der Waals surface area contributed by atoms with E-state index in [0.717, 1.165) is 42.3 Å². The predicted molar refractivity (Wildman–Crippen MR) is 114 cm³/mol. The van der Waals surface area contributed by atoms with Crippen LogP contribution >= 0.6 is 0 Å². The quantitative estimate of drug-likeness (QED) is 0.515. The van der Waals surface area contributed by atoms with Gasteiger partial charge in [-0.3, -0.25) is 0 Å². The lowest BCUT2D eigenvalue weighted by molar-refractivity contribution is 0.737. The molecule has 4 aromatic rings. The van der Waals surface area contributed by atoms with Crippen molar-refractivity contribution in [3.05, 3.63) is 71.8 Å². The molecule has 28 heavy (non-hydrogen) atoms. The van der Waals surface area contributed by atoms with Crippen LogP contribution in [0.4, 0.5) is 5.95 Å². The summed E-state index contributed by atoms with van der Waals surface area (Å²) in [5, 5.41) is 0. The van der Waals surface area contributed by atoms with E-state index in [1.807, 2.05) is 13.0 Å². The number of aryl methyl sites for hydroxylation is 2. The van der Waals surface area contributed by atoms with Crippen molar-refractivity contribution < 1.29 is 0 Å². The van der Waals surface area contributed by atoms with Gasteiger partial charge in [0.25, 0.3) is 0 Å². The van der Waals surface area contributed by atoms with Crippen LogP contribution in [-0.4, -0.2) is 26.5 Å². The minimum Gasteiger partial charge on any atom is -0.342 e. The van der Waals surface area contributed by atoms with E-state index in [1.54, 1.807) is 12.4 Å². The number of imidazole rings is 1. The van der Waals surface area contributed by atoms with E-state index in [4.69, 9.17) is 0 Å². The van der Waals surface area contributed by atoms with Gasteiger partial charge in [-0.15, -0.1) is 0 Å². The molecule has 0 aliphatic heterocycles. The summed E-state index contributed by atoms with van der Waals surface area (Å²) < 4.78 is 0. The summed E-state index contributed by atoms with van der Waals surface area (Å²) in [6, 6.07) is 14.9. The number of nitrogens with zero attached hydrogens (tertiary/aromatic N) is 4. The topological polar surface area (TPSA) is 57.7 Å². The molecule has 2 aromatic heterocycles. The van der Waals surface area contributed by atoms with Crippen LogP contribution in [0.5, 0.6) is 0 Å². The molecule has 0 radical (unpaired) electrons. The number of nitrogens with one attached hydrogen (secondary N) is 1. The SMILES string of the molecule is CCCN(Cc1cc(-c2ccc3nc(C)[nH]c3c2)ccc1C)c1ncccn1. The van der Waals surface area contributed by atoms with E-state index in [1.165, 1.54) is 22.3 Å². The molecule has 0 atom stereocenters. The highest BCUT2D eigenvalue weighted by Gasteiger charge is 2.12. The van der Waals surface area contributed by atoms with E-state index in [-0.39, 0.29) is 0 Å². The minimum absolute atomic E-state index is 0.781. The molecule has 5 heteroatoms. The van der Waals surface area contributed by atoms with Crippen LogP contribution < -0.4 is 4.90 Å². The van der Waals surface area contributed by atoms with Crippen LogP contribution in [-0.2, 0) is 6.54 Å². The Bertz CT molecular complexity index is 1080. The van der Waals surface area contributed by atoms with Crippen LogP contribution in [0.15, 0.2) is 54.9 Å². The van der Waals surface area contributed by atoms with Gasteiger partial charge in [0.15, 0.2) is 0 Å². The smallest absolute Gasteiger partial charge is 0.225 e. The fraction of sp³-hybridized carbons (Fsp3) is 0.261. The van der Waals surface area contributed by atoms with E-state index in [9.17, 15) is 0 Å². The average Bonchev–Trinajstić information content (AvgIpc) is 3.09. The molecule has 0 unspecified atom stereocenters. The second kappa shape index (κ2) is 7.80. The van der Waals surface area contributed by atoms with Gasteiger partial charge in [0.05, 0.1) is 11.0 Å². The van der Waals surface area contributed by atoms with Crippen LogP contribution in [0.3, 0.4) is 0 Å². The van der Waals surface area contributed by atoms with Gasteiger partial charge in [-0.2, -0.15) is 0 Å². The molecule has 0 aliphatic rings. The maximum atomic E-state index is 4.50. The molecule has 0 spiro atoms. The average molecular weight is 371 g/mol. The van der Waals surface area contributed by atoms with Crippen molar-refractivity contribution >= 4 is 17.0 Å². The first-order valence-corrected chi connectivity index (χ1v) is 9.72. The summed E-state index contributed by atoms with van der Waals surface area (Å²) in [6.07, 6.45) is 4.65. The van der Waals surface area contributed by atoms with E-state index < -0.39 is 0 Å². The zero-order valence-electron chi connectivity index (χ0n) is 16.6. The molecule has 0 saturated carbocycles. The third-order valence-electron chi connectivity index (χ3n) is 4.97. The molecule has 4 rings (SSSR count). The van der Waals surface area contributed by atoms with E-state index >= 15 is 0 Å². The number of benzene rings is 2. The molecule has 0 amide bonds. The number of rotatable bonds is 6. The maximum Gasteiger partial charge on any atom is 0.225 e. The Kier molecular flexibility index (Phi) is 5.06. The Morgan fingerprint density at radius 2 is 1.71 bits per heavy atom. The molecule has 1 N–H and O–H groups in total. The molecule has 0 fully saturated rings. The number of anilines is 1. The van der Waals surface area contributed by atoms with Crippen LogP contribution in [0.2, 0.25) is 0 Å². The molecule has 0 aliphatic carbocycles. The first kappa shape index (κ1) is 18.2. The summed E-state index contributed by atoms with van der Waals surface area (Å²) in [5.74, 6) is 1.72. The molecule has 142 valence electrons. The number of aromatic amines is 1. The Balaban J connectivity index is 1.67. The van der Waals surface area contributed by atoms with Gasteiger partial charge < -0.3 is 9.88 Å². The highest BCUT2D eigenvalue weighted by Crippen LogP contribution is 2.26. The van der Waals surface area contributed by atoms with Crippen LogP contribution in [0.25, 0.3) is 22.2 Å². The fourth-order valence-electron chi connectivity index (χ4n) is 3.52. The normalized spacial score (nSPS) is 11.1. The third kappa shape index (κ3) is 3.74. The zero-order chi connectivity index (χ0) is 19.5. The summed E-state index contributed by atoms with van der Waals surface area (Å²) >= 11 is 0. The van der Waals surface area contributed by atoms with Crippen LogP contribution in [0.1, 0.15) is 30.3 Å². The van der Waals surface area contributed by atoms with Gasteiger partial charge in [-0.25, -0.2) is 15.0 Å². The number of H-pyrrole nitrogens is 1. The lowest BCUT2D eigenvalue weighted by atomic mass is 9.99. The van der Waals surface area contributed by atoms with Gasteiger partial charge in [0.1, 0.15) is 5.82 Å². The highest BCUT2D eigenvalue weighted by molar-refractivity contribution is 5.82. The molecular formula is C23H25N5. The molecule has 0 bridgehead atoms. The third-order valence-corrected chi connectivity index (χ3v) is 4.97. The van der Waals surface area contributed by atoms with Gasteiger partial charge in [0.2, 0.25) is 5.95 Å². The summed E-state index contributed by atoms with van der Waals surface area (Å²) in [4.78, 5) is 19.0. The van der Waals surface area contributed by atoms with E-state index in [0.29, 0.717) is 0 Å². The molecule has 2 heterocycles. The summed E-state index contributed by atoms with van der Waals surface area (Å²) in [5.41, 5.74) is 7.04. The first-order valence-electron chi connectivity index (χ1n) is 9.72. The Morgan fingerprint density at radius 3 is 2.50 bits per heavy atom. The van der Waals surface area contributed by atoms with Crippen molar-refractivity contribution in [2.24, 2.45) is 0 Å². The number of aromatic nitrogens is 4. The second-order valence-corrected chi connectivity index (χ2v) is 7.17. The van der Waals surface area contributed by atoms with Crippen molar-refractivity contribution in [1.82, 2.24) is 19.9 Å². The molecule has 0 saturated heterocycles. The second-order valence-electron chi connectivity index (χ2n) is 7.17. The lowest BCUT2D eigenvalue weighted by Gasteiger charge is -2.23. The van der Waals surface area contributed by atoms with Crippen molar-refractivity contribution in [3.8, 4) is 11.1 Å². The number of hydrogen-bond acceptors (Lipinski definition) is 4. The minimum atomic E-state index is 0.781. The molecule has 5 nitrogen and oxygen atoms in total. The standard InChI is InChI=1S/C23H25N5/c1-4-12-28(23-24-10-5-11-25-23)15-20-13-18(7-6-16(20)2)19-8-9-21-22(14-19)27-17(3)26-21/h5-11,13-14H,4,12,15H2,1-3H3,(H,26,27). The first-order chi connectivity index (χ1) is 13.6. The van der Waals surface area contributed by atoms with Gasteiger partial charge in [-0.1, -0.05) is 25.1 Å². The summed E-state index contributed by atoms with van der Waals surface area (Å²) in [6.45, 7) is 8.05. The van der Waals surface area contributed by atoms with Crippen LogP contribution in [0, 0.1) is 13.8 Å². The van der Waals surface area contributed by atoms with Gasteiger partial charge >= 0.3 is 0 Å². The largest absolute Gasteiger partial charge is 0.342 e. The van der Waals surface area contributed by atoms with Crippen molar-refractivity contribution in [2.45, 2.75) is 33.7 Å². The summed E-state index contributed by atoms with van der Waals surface area (Å²) in [7, 11) is 0. The Morgan fingerprint density at radius 1 is 0.964 bits per heavy atom. The predicted octanol–water partition coefficient (Wildman–Crippen LogP) is 5.05. The Hall–Kier alpha value is -3.21. The zero-order valence-corrected chi connectivity index (χ0v) is 16.6. The lowest BCUT2D eigenvalue weighted by Crippen LogP contribution is -2.25. The maximum absolute atomic E-state index is 4.50. The van der Waals surface area contributed by atoms with Gasteiger partial charge in [0, 0.05) is 25.5 Å². The molecular weight excluding hydrogens is 346 g/mol.